The number of hydrogen-bond acceptors (Lipinski definition) is 6. The SMILES string of the molecule is CCN(CC)CCN(CC(C)C(=O)OC)C(=O)COc1cccc(OC)c1. The molecular weight excluding hydrogens is 348 g/mol. The van der Waals surface area contributed by atoms with Gasteiger partial charge in [0.25, 0.3) is 5.91 Å². The Bertz CT molecular complexity index is 589. The lowest BCUT2D eigenvalue weighted by Crippen LogP contribution is -2.44. The summed E-state index contributed by atoms with van der Waals surface area (Å²) in [5.74, 6) is 0.336. The number of hydrogen-bond donors (Lipinski definition) is 0. The van der Waals surface area contributed by atoms with Gasteiger partial charge in [0.1, 0.15) is 11.5 Å². The predicted molar refractivity (Wildman–Crippen MR) is 104 cm³/mol. The fraction of sp³-hybridized carbons (Fsp3) is 0.600. The number of methoxy groups -OCH3 is 2. The molecule has 0 saturated carbocycles. The summed E-state index contributed by atoms with van der Waals surface area (Å²) >= 11 is 0. The Morgan fingerprint density at radius 3 is 2.33 bits per heavy atom. The van der Waals surface area contributed by atoms with Crippen LogP contribution < -0.4 is 9.47 Å². The Morgan fingerprint density at radius 1 is 1.07 bits per heavy atom. The van der Waals surface area contributed by atoms with Gasteiger partial charge in [0, 0.05) is 25.7 Å². The van der Waals surface area contributed by atoms with Gasteiger partial charge in [0.15, 0.2) is 6.61 Å². The molecule has 1 amide bonds. The van der Waals surface area contributed by atoms with E-state index in [1.165, 1.54) is 7.11 Å². The smallest absolute Gasteiger partial charge is 0.310 e. The lowest BCUT2D eigenvalue weighted by atomic mass is 10.1. The van der Waals surface area contributed by atoms with E-state index in [4.69, 9.17) is 14.2 Å². The van der Waals surface area contributed by atoms with Gasteiger partial charge in [-0.15, -0.1) is 0 Å². The van der Waals surface area contributed by atoms with Gasteiger partial charge in [-0.25, -0.2) is 0 Å². The summed E-state index contributed by atoms with van der Waals surface area (Å²) in [6.07, 6.45) is 0. The van der Waals surface area contributed by atoms with Crippen LogP contribution in [0.5, 0.6) is 11.5 Å². The van der Waals surface area contributed by atoms with E-state index < -0.39 is 5.92 Å². The van der Waals surface area contributed by atoms with Crippen LogP contribution in [0.25, 0.3) is 0 Å². The maximum atomic E-state index is 12.7. The molecule has 0 aliphatic rings. The van der Waals surface area contributed by atoms with Crippen LogP contribution in [-0.4, -0.2) is 75.2 Å². The Hall–Kier alpha value is -2.28. The van der Waals surface area contributed by atoms with E-state index in [1.54, 1.807) is 37.1 Å². The summed E-state index contributed by atoms with van der Waals surface area (Å²) in [6.45, 7) is 9.21. The fourth-order valence-corrected chi connectivity index (χ4v) is 2.65. The highest BCUT2D eigenvalue weighted by Gasteiger charge is 2.22. The van der Waals surface area contributed by atoms with Crippen LogP contribution in [0.3, 0.4) is 0 Å². The Balaban J connectivity index is 2.73. The number of rotatable bonds is 12. The number of ether oxygens (including phenoxy) is 3. The summed E-state index contributed by atoms with van der Waals surface area (Å²) in [7, 11) is 2.93. The van der Waals surface area contributed by atoms with Gasteiger partial charge < -0.3 is 24.0 Å². The molecule has 0 aliphatic carbocycles. The molecule has 152 valence electrons. The van der Waals surface area contributed by atoms with Crippen molar-refractivity contribution in [3.8, 4) is 11.5 Å². The van der Waals surface area contributed by atoms with Gasteiger partial charge in [-0.05, 0) is 25.2 Å². The van der Waals surface area contributed by atoms with E-state index in [2.05, 4.69) is 18.7 Å². The molecule has 1 aromatic rings. The second-order valence-electron chi connectivity index (χ2n) is 6.26. The first-order valence-electron chi connectivity index (χ1n) is 9.29. The number of likely N-dealkylation sites (N-methyl/N-ethyl adjacent to an activating group) is 1. The fourth-order valence-electron chi connectivity index (χ4n) is 2.65. The Morgan fingerprint density at radius 2 is 1.74 bits per heavy atom. The quantitative estimate of drug-likeness (QED) is 0.517. The third-order valence-electron chi connectivity index (χ3n) is 4.43. The third-order valence-corrected chi connectivity index (χ3v) is 4.43. The Labute approximate surface area is 162 Å². The van der Waals surface area contributed by atoms with Crippen molar-refractivity contribution >= 4 is 11.9 Å². The zero-order valence-electron chi connectivity index (χ0n) is 17.1. The molecule has 0 aromatic heterocycles. The summed E-state index contributed by atoms with van der Waals surface area (Å²) < 4.78 is 15.6. The molecule has 0 N–H and O–H groups in total. The molecule has 1 unspecified atom stereocenters. The van der Waals surface area contributed by atoms with Crippen molar-refractivity contribution in [2.75, 3.05) is 53.6 Å². The molecule has 0 radical (unpaired) electrons. The number of benzene rings is 1. The number of carbonyl (C=O) groups is 2. The zero-order chi connectivity index (χ0) is 20.2. The molecule has 7 heteroatoms. The molecule has 1 atom stereocenters. The van der Waals surface area contributed by atoms with Gasteiger partial charge in [0.2, 0.25) is 0 Å². The van der Waals surface area contributed by atoms with Crippen molar-refractivity contribution in [2.45, 2.75) is 20.8 Å². The molecule has 0 fully saturated rings. The first-order chi connectivity index (χ1) is 12.9. The van der Waals surface area contributed by atoms with Crippen LogP contribution in [0.1, 0.15) is 20.8 Å². The minimum absolute atomic E-state index is 0.0979. The topological polar surface area (TPSA) is 68.3 Å². The predicted octanol–water partition coefficient (Wildman–Crippen LogP) is 2.05. The molecule has 27 heavy (non-hydrogen) atoms. The van der Waals surface area contributed by atoms with E-state index in [9.17, 15) is 9.59 Å². The van der Waals surface area contributed by atoms with E-state index in [0.717, 1.165) is 19.6 Å². The second-order valence-corrected chi connectivity index (χ2v) is 6.26. The Kier molecular flexibility index (Phi) is 10.3. The van der Waals surface area contributed by atoms with E-state index >= 15 is 0 Å². The highest BCUT2D eigenvalue weighted by atomic mass is 16.5. The third kappa shape index (κ3) is 7.86. The van der Waals surface area contributed by atoms with Gasteiger partial charge >= 0.3 is 5.97 Å². The molecule has 0 heterocycles. The van der Waals surface area contributed by atoms with Crippen molar-refractivity contribution in [1.29, 1.82) is 0 Å². The van der Waals surface area contributed by atoms with Crippen molar-refractivity contribution in [3.63, 3.8) is 0 Å². The first-order valence-corrected chi connectivity index (χ1v) is 9.29. The molecule has 0 aliphatic heterocycles. The summed E-state index contributed by atoms with van der Waals surface area (Å²) in [4.78, 5) is 28.4. The molecule has 1 aromatic carbocycles. The molecule has 0 bridgehead atoms. The van der Waals surface area contributed by atoms with Crippen molar-refractivity contribution < 1.29 is 23.8 Å². The maximum absolute atomic E-state index is 12.7. The van der Waals surface area contributed by atoms with Crippen LogP contribution in [0.15, 0.2) is 24.3 Å². The molecular formula is C20H32N2O5. The van der Waals surface area contributed by atoms with Crippen molar-refractivity contribution in [1.82, 2.24) is 9.80 Å². The van der Waals surface area contributed by atoms with E-state index in [1.807, 2.05) is 6.07 Å². The van der Waals surface area contributed by atoms with Gasteiger partial charge in [-0.3, -0.25) is 9.59 Å². The minimum Gasteiger partial charge on any atom is -0.497 e. The van der Waals surface area contributed by atoms with Crippen LogP contribution in [0.4, 0.5) is 0 Å². The van der Waals surface area contributed by atoms with E-state index in [0.29, 0.717) is 24.6 Å². The van der Waals surface area contributed by atoms with Gasteiger partial charge in [0.05, 0.1) is 20.1 Å². The first kappa shape index (κ1) is 22.8. The van der Waals surface area contributed by atoms with Crippen LogP contribution in [0.2, 0.25) is 0 Å². The summed E-state index contributed by atoms with van der Waals surface area (Å²) in [5, 5.41) is 0. The molecule has 7 nitrogen and oxygen atoms in total. The lowest BCUT2D eigenvalue weighted by Gasteiger charge is -2.28. The lowest BCUT2D eigenvalue weighted by molar-refractivity contribution is -0.146. The largest absolute Gasteiger partial charge is 0.497 e. The van der Waals surface area contributed by atoms with Crippen LogP contribution in [-0.2, 0) is 14.3 Å². The van der Waals surface area contributed by atoms with Crippen LogP contribution in [0, 0.1) is 5.92 Å². The highest BCUT2D eigenvalue weighted by Crippen LogP contribution is 2.18. The maximum Gasteiger partial charge on any atom is 0.310 e. The number of nitrogens with zero attached hydrogens (tertiary/aromatic N) is 2. The summed E-state index contributed by atoms with van der Waals surface area (Å²) in [5.41, 5.74) is 0. The normalized spacial score (nSPS) is 11.8. The van der Waals surface area contributed by atoms with E-state index in [-0.39, 0.29) is 18.5 Å². The molecule has 0 saturated heterocycles. The average Bonchev–Trinajstić information content (AvgIpc) is 2.71. The second kappa shape index (κ2) is 12.2. The standard InChI is InChI=1S/C20H32N2O5/c1-6-21(7-2)11-12-22(14-16(3)20(24)26-5)19(23)15-27-18-10-8-9-17(13-18)25-4/h8-10,13,16H,6-7,11-12,14-15H2,1-5H3. The van der Waals surface area contributed by atoms with Crippen LogP contribution >= 0.6 is 0 Å². The zero-order valence-corrected chi connectivity index (χ0v) is 17.1. The number of esters is 1. The molecule has 1 rings (SSSR count). The van der Waals surface area contributed by atoms with Gasteiger partial charge in [-0.1, -0.05) is 26.8 Å². The highest BCUT2D eigenvalue weighted by molar-refractivity contribution is 5.79. The molecule has 0 spiro atoms. The number of carbonyl (C=O) groups excluding carboxylic acids is 2. The average molecular weight is 380 g/mol. The minimum atomic E-state index is -0.396. The van der Waals surface area contributed by atoms with Crippen molar-refractivity contribution in [3.05, 3.63) is 24.3 Å². The summed E-state index contributed by atoms with van der Waals surface area (Å²) in [6, 6.07) is 7.11. The van der Waals surface area contributed by atoms with Crippen molar-refractivity contribution in [2.24, 2.45) is 5.92 Å². The van der Waals surface area contributed by atoms with Gasteiger partial charge in [-0.2, -0.15) is 0 Å². The number of amides is 1. The monoisotopic (exact) mass is 380 g/mol.